The summed E-state index contributed by atoms with van der Waals surface area (Å²) in [4.78, 5) is 33.7. The first-order valence-electron chi connectivity index (χ1n) is 14.3. The van der Waals surface area contributed by atoms with Crippen LogP contribution >= 0.6 is 11.3 Å². The van der Waals surface area contributed by atoms with Crippen LogP contribution in [0.4, 0.5) is 0 Å². The standard InChI is InChI=1S/C31H40N2O3S/c1-2-36-13-6-11-32(30(35)31-18-22-15-23(19-31)17-24(16-22)20-31)21-28(34)33-12-9-27-26(10-14-37-27)29(33)25-7-4-3-5-8-25/h3-5,7-8,10,14,22-24,29H,2,6,9,11-13,15-21H2,1H3. The van der Waals surface area contributed by atoms with Crippen molar-refractivity contribution in [1.29, 1.82) is 0 Å². The summed E-state index contributed by atoms with van der Waals surface area (Å²) < 4.78 is 5.61. The number of ether oxygens (including phenoxy) is 1. The van der Waals surface area contributed by atoms with Crippen molar-refractivity contribution in [2.75, 3.05) is 32.8 Å². The van der Waals surface area contributed by atoms with Crippen molar-refractivity contribution in [2.45, 2.75) is 64.3 Å². The molecule has 0 radical (unpaired) electrons. The molecule has 2 heterocycles. The van der Waals surface area contributed by atoms with Gasteiger partial charge in [0, 0.05) is 31.2 Å². The molecule has 0 spiro atoms. The van der Waals surface area contributed by atoms with Gasteiger partial charge in [-0.2, -0.15) is 0 Å². The van der Waals surface area contributed by atoms with E-state index in [2.05, 4.69) is 35.7 Å². The quantitative estimate of drug-likeness (QED) is 0.399. The molecule has 4 aliphatic carbocycles. The molecule has 0 saturated heterocycles. The molecule has 7 rings (SSSR count). The summed E-state index contributed by atoms with van der Waals surface area (Å²) in [5.41, 5.74) is 2.15. The number of thiophene rings is 1. The second kappa shape index (κ2) is 10.5. The predicted octanol–water partition coefficient (Wildman–Crippen LogP) is 5.69. The van der Waals surface area contributed by atoms with E-state index in [1.807, 2.05) is 22.8 Å². The van der Waals surface area contributed by atoms with Crippen molar-refractivity contribution in [2.24, 2.45) is 23.2 Å². The van der Waals surface area contributed by atoms with Crippen LogP contribution in [0.15, 0.2) is 41.8 Å². The molecule has 4 saturated carbocycles. The van der Waals surface area contributed by atoms with E-state index < -0.39 is 0 Å². The Morgan fingerprint density at radius 2 is 1.76 bits per heavy atom. The van der Waals surface area contributed by atoms with Gasteiger partial charge in [-0.1, -0.05) is 30.3 Å². The molecule has 2 amide bonds. The van der Waals surface area contributed by atoms with Crippen molar-refractivity contribution in [3.05, 3.63) is 57.8 Å². The zero-order valence-electron chi connectivity index (χ0n) is 22.1. The fourth-order valence-electron chi connectivity index (χ4n) is 8.30. The summed E-state index contributed by atoms with van der Waals surface area (Å²) in [5.74, 6) is 2.44. The average molecular weight is 521 g/mol. The first kappa shape index (κ1) is 25.1. The van der Waals surface area contributed by atoms with Gasteiger partial charge in [0.05, 0.1) is 18.0 Å². The van der Waals surface area contributed by atoms with Crippen LogP contribution in [0.25, 0.3) is 0 Å². The minimum absolute atomic E-state index is 0.0696. The van der Waals surface area contributed by atoms with Crippen LogP contribution in [0.3, 0.4) is 0 Å². The summed E-state index contributed by atoms with van der Waals surface area (Å²) in [7, 11) is 0. The average Bonchev–Trinajstić information content (AvgIpc) is 3.38. The molecular weight excluding hydrogens is 480 g/mol. The van der Waals surface area contributed by atoms with E-state index >= 15 is 0 Å². The molecule has 4 bridgehead atoms. The van der Waals surface area contributed by atoms with Gasteiger partial charge in [-0.3, -0.25) is 9.59 Å². The zero-order valence-corrected chi connectivity index (χ0v) is 22.9. The number of fused-ring (bicyclic) bond motifs is 1. The molecular formula is C31H40N2O3S. The highest BCUT2D eigenvalue weighted by molar-refractivity contribution is 7.10. The highest BCUT2D eigenvalue weighted by Gasteiger charge is 2.55. The van der Waals surface area contributed by atoms with Crippen LogP contribution in [-0.2, 0) is 20.7 Å². The third kappa shape index (κ3) is 4.87. The van der Waals surface area contributed by atoms with Crippen molar-refractivity contribution < 1.29 is 14.3 Å². The number of hydrogen-bond acceptors (Lipinski definition) is 4. The lowest BCUT2D eigenvalue weighted by atomic mass is 9.49. The van der Waals surface area contributed by atoms with Gasteiger partial charge in [-0.05, 0) is 98.6 Å². The summed E-state index contributed by atoms with van der Waals surface area (Å²) in [6.45, 7) is 4.78. The normalized spacial score (nSPS) is 29.8. The Balaban J connectivity index is 1.24. The SMILES string of the molecule is CCOCCCN(CC(=O)N1CCc2sccc2C1c1ccccc1)C(=O)C12CC3CC(CC(C3)C1)C2. The first-order valence-corrected chi connectivity index (χ1v) is 15.2. The zero-order chi connectivity index (χ0) is 25.4. The molecule has 5 nitrogen and oxygen atoms in total. The van der Waals surface area contributed by atoms with E-state index in [0.29, 0.717) is 44.1 Å². The number of benzene rings is 1. The molecule has 4 fully saturated rings. The Morgan fingerprint density at radius 3 is 2.43 bits per heavy atom. The fraction of sp³-hybridized carbons (Fsp3) is 0.613. The van der Waals surface area contributed by atoms with Gasteiger partial charge >= 0.3 is 0 Å². The number of carbonyl (C=O) groups excluding carboxylic acids is 2. The maximum absolute atomic E-state index is 14.3. The lowest BCUT2D eigenvalue weighted by Gasteiger charge is -2.56. The summed E-state index contributed by atoms with van der Waals surface area (Å²) in [6.07, 6.45) is 8.68. The molecule has 1 aromatic heterocycles. The molecule has 1 aliphatic heterocycles. The number of hydrogen-bond donors (Lipinski definition) is 0. The van der Waals surface area contributed by atoms with Crippen LogP contribution in [0.1, 0.15) is 73.9 Å². The minimum atomic E-state index is -0.234. The summed E-state index contributed by atoms with van der Waals surface area (Å²) in [6, 6.07) is 12.5. The van der Waals surface area contributed by atoms with Crippen LogP contribution in [0, 0.1) is 23.2 Å². The van der Waals surface area contributed by atoms with Gasteiger partial charge in [-0.25, -0.2) is 0 Å². The minimum Gasteiger partial charge on any atom is -0.382 e. The molecule has 1 aromatic carbocycles. The lowest BCUT2D eigenvalue weighted by molar-refractivity contribution is -0.160. The maximum Gasteiger partial charge on any atom is 0.242 e. The molecule has 5 aliphatic rings. The highest BCUT2D eigenvalue weighted by atomic mass is 32.1. The molecule has 37 heavy (non-hydrogen) atoms. The third-order valence-corrected chi connectivity index (χ3v) is 10.4. The van der Waals surface area contributed by atoms with Gasteiger partial charge in [0.2, 0.25) is 11.8 Å². The second-order valence-electron chi connectivity index (χ2n) is 11.9. The fourth-order valence-corrected chi connectivity index (χ4v) is 9.20. The largest absolute Gasteiger partial charge is 0.382 e. The summed E-state index contributed by atoms with van der Waals surface area (Å²) >= 11 is 1.79. The lowest BCUT2D eigenvalue weighted by Crippen LogP contribution is -2.56. The number of amides is 2. The van der Waals surface area contributed by atoms with E-state index in [9.17, 15) is 9.59 Å². The Morgan fingerprint density at radius 1 is 1.05 bits per heavy atom. The Bertz CT molecular complexity index is 1080. The topological polar surface area (TPSA) is 49.9 Å². The van der Waals surface area contributed by atoms with Gasteiger partial charge in [-0.15, -0.1) is 11.3 Å². The second-order valence-corrected chi connectivity index (χ2v) is 12.9. The van der Waals surface area contributed by atoms with Crippen LogP contribution < -0.4 is 0 Å². The molecule has 198 valence electrons. The first-order chi connectivity index (χ1) is 18.1. The van der Waals surface area contributed by atoms with E-state index in [4.69, 9.17) is 4.74 Å². The van der Waals surface area contributed by atoms with Crippen molar-refractivity contribution >= 4 is 23.2 Å². The maximum atomic E-state index is 14.3. The number of rotatable bonds is 9. The van der Waals surface area contributed by atoms with E-state index in [1.54, 1.807) is 11.3 Å². The van der Waals surface area contributed by atoms with Gasteiger partial charge < -0.3 is 14.5 Å². The Kier molecular flexibility index (Phi) is 7.15. The van der Waals surface area contributed by atoms with Crippen molar-refractivity contribution in [3.63, 3.8) is 0 Å². The molecule has 6 heteroatoms. The molecule has 0 N–H and O–H groups in total. The van der Waals surface area contributed by atoms with Crippen LogP contribution in [0.2, 0.25) is 0 Å². The number of nitrogens with zero attached hydrogens (tertiary/aromatic N) is 2. The van der Waals surface area contributed by atoms with Gasteiger partial charge in [0.25, 0.3) is 0 Å². The van der Waals surface area contributed by atoms with E-state index in [0.717, 1.165) is 37.7 Å². The number of carbonyl (C=O) groups is 2. The van der Waals surface area contributed by atoms with Crippen LogP contribution in [-0.4, -0.2) is 54.5 Å². The summed E-state index contributed by atoms with van der Waals surface area (Å²) in [5, 5.41) is 2.14. The highest BCUT2D eigenvalue weighted by Crippen LogP contribution is 2.60. The molecule has 1 unspecified atom stereocenters. The molecule has 1 atom stereocenters. The van der Waals surface area contributed by atoms with Crippen LogP contribution in [0.5, 0.6) is 0 Å². The third-order valence-electron chi connectivity index (χ3n) is 9.43. The Labute approximate surface area is 225 Å². The molecule has 2 aromatic rings. The Hall–Kier alpha value is -2.18. The smallest absolute Gasteiger partial charge is 0.242 e. The van der Waals surface area contributed by atoms with Gasteiger partial charge in [0.1, 0.15) is 0 Å². The predicted molar refractivity (Wildman–Crippen MR) is 146 cm³/mol. The van der Waals surface area contributed by atoms with Crippen molar-refractivity contribution in [1.82, 2.24) is 9.80 Å². The van der Waals surface area contributed by atoms with E-state index in [1.165, 1.54) is 29.7 Å². The monoisotopic (exact) mass is 520 g/mol. The van der Waals surface area contributed by atoms with E-state index in [-0.39, 0.29) is 29.8 Å². The van der Waals surface area contributed by atoms with Crippen molar-refractivity contribution in [3.8, 4) is 0 Å². The van der Waals surface area contributed by atoms with Gasteiger partial charge in [0.15, 0.2) is 0 Å².